The van der Waals surface area contributed by atoms with Crippen LogP contribution in [0.4, 0.5) is 0 Å². The fraction of sp³-hybridized carbons (Fsp3) is 0.0222. The molecule has 4 nitrogen and oxygen atoms in total. The summed E-state index contributed by atoms with van der Waals surface area (Å²) in [4.78, 5) is 9.70. The van der Waals surface area contributed by atoms with E-state index >= 15 is 0 Å². The second kappa shape index (κ2) is 12.3. The van der Waals surface area contributed by atoms with Gasteiger partial charge in [-0.15, -0.1) is 0 Å². The number of hydrogen-bond donors (Lipinski definition) is 1. The van der Waals surface area contributed by atoms with Gasteiger partial charge >= 0.3 is 0 Å². The number of benzene rings is 7. The summed E-state index contributed by atoms with van der Waals surface area (Å²) in [6.45, 7) is 0. The number of para-hydroxylation sites is 1. The molecule has 2 heterocycles. The number of rotatable bonds is 6. The molecule has 1 aromatic heterocycles. The average molecular weight is 641 g/mol. The number of furan rings is 1. The van der Waals surface area contributed by atoms with Crippen LogP contribution >= 0.6 is 0 Å². The molecule has 0 saturated heterocycles. The van der Waals surface area contributed by atoms with Crippen LogP contribution in [0.15, 0.2) is 190 Å². The first-order valence-corrected chi connectivity index (χ1v) is 15.6. The first kappa shape index (κ1) is 19.3. The SMILES string of the molecule is [2H]c1c([2H])c(-c2c([2H])c([2H])c([2H])c3oc4c([2H])c([2H])c([2H])c([2H])c4c23)c([2H])c(C2N=C(c3ccccc3)NC(c3ccc(-c4ccc(-c5ccccc5)cc4)cc3)=N2)c1[2H]. The van der Waals surface area contributed by atoms with Crippen molar-refractivity contribution in [3.8, 4) is 33.4 Å². The normalized spacial score (nSPS) is 17.5. The fourth-order valence-corrected chi connectivity index (χ4v) is 5.93. The quantitative estimate of drug-likeness (QED) is 0.197. The number of nitrogens with zero attached hydrogens (tertiary/aromatic N) is 2. The summed E-state index contributed by atoms with van der Waals surface area (Å²) in [6.07, 6.45) is -1.31. The summed E-state index contributed by atoms with van der Waals surface area (Å²) >= 11 is 0. The molecule has 9 rings (SSSR count). The standard InChI is InChI=1S/C45H31N3O/c1-3-11-30(12-4-1)31-21-23-32(24-22-31)33-25-27-35(28-26-33)44-46-43(34-13-5-2-6-14-34)47-45(48-44)37-16-9-15-36(29-37)38-18-10-20-41-42(38)39-17-7-8-19-40(39)49-41/h1-29,45H,(H,46,47,48)/i7D,8D,9D,10D,15D,16D,17D,18D,19D,20D,29D. The Kier molecular flexibility index (Phi) is 4.84. The van der Waals surface area contributed by atoms with Gasteiger partial charge < -0.3 is 9.73 Å². The lowest BCUT2D eigenvalue weighted by atomic mass is 9.97. The number of amidine groups is 2. The van der Waals surface area contributed by atoms with Gasteiger partial charge in [0, 0.05) is 21.9 Å². The van der Waals surface area contributed by atoms with Gasteiger partial charge in [-0.2, -0.15) is 0 Å². The molecule has 49 heavy (non-hydrogen) atoms. The van der Waals surface area contributed by atoms with Crippen molar-refractivity contribution < 1.29 is 19.5 Å². The van der Waals surface area contributed by atoms with E-state index in [2.05, 4.69) is 41.7 Å². The molecule has 7 aromatic carbocycles. The zero-order valence-electron chi connectivity index (χ0n) is 36.8. The van der Waals surface area contributed by atoms with E-state index in [0.29, 0.717) is 22.8 Å². The first-order valence-electron chi connectivity index (χ1n) is 21.1. The molecule has 0 amide bonds. The molecule has 1 atom stereocenters. The van der Waals surface area contributed by atoms with Gasteiger partial charge in [-0.05, 0) is 57.1 Å². The summed E-state index contributed by atoms with van der Waals surface area (Å²) in [5, 5.41) is 2.93. The highest BCUT2D eigenvalue weighted by Gasteiger charge is 2.22. The van der Waals surface area contributed by atoms with Crippen LogP contribution in [-0.2, 0) is 0 Å². The summed E-state index contributed by atoms with van der Waals surface area (Å²) < 4.78 is 103. The summed E-state index contributed by atoms with van der Waals surface area (Å²) in [5.41, 5.74) is 4.01. The fourth-order valence-electron chi connectivity index (χ4n) is 5.93. The molecular weight excluding hydrogens is 599 g/mol. The number of aliphatic imine (C=N–C) groups is 2. The van der Waals surface area contributed by atoms with Gasteiger partial charge in [0.2, 0.25) is 0 Å². The van der Waals surface area contributed by atoms with Crippen molar-refractivity contribution in [2.75, 3.05) is 0 Å². The molecule has 0 saturated carbocycles. The van der Waals surface area contributed by atoms with Crippen molar-refractivity contribution in [3.63, 3.8) is 0 Å². The average Bonchev–Trinajstić information content (AvgIpc) is 3.69. The van der Waals surface area contributed by atoms with Gasteiger partial charge in [0.25, 0.3) is 0 Å². The van der Waals surface area contributed by atoms with Crippen molar-refractivity contribution in [1.29, 1.82) is 0 Å². The lowest BCUT2D eigenvalue weighted by molar-refractivity contribution is 0.669. The Morgan fingerprint density at radius 1 is 0.490 bits per heavy atom. The lowest BCUT2D eigenvalue weighted by Crippen LogP contribution is -2.36. The first-order chi connectivity index (χ1) is 28.8. The van der Waals surface area contributed by atoms with Crippen LogP contribution in [0.1, 0.15) is 37.9 Å². The van der Waals surface area contributed by atoms with E-state index in [4.69, 9.17) is 28.1 Å². The van der Waals surface area contributed by atoms with Crippen molar-refractivity contribution in [1.82, 2.24) is 5.32 Å². The second-order valence-corrected chi connectivity index (χ2v) is 11.4. The number of fused-ring (bicyclic) bond motifs is 3. The third kappa shape index (κ3) is 5.49. The van der Waals surface area contributed by atoms with E-state index in [1.54, 1.807) is 0 Å². The molecule has 0 radical (unpaired) electrons. The molecule has 0 spiro atoms. The van der Waals surface area contributed by atoms with Gasteiger partial charge in [0.15, 0.2) is 6.17 Å². The maximum atomic E-state index is 9.61. The van der Waals surface area contributed by atoms with Crippen molar-refractivity contribution in [3.05, 3.63) is 192 Å². The van der Waals surface area contributed by atoms with Crippen LogP contribution in [-0.4, -0.2) is 11.7 Å². The van der Waals surface area contributed by atoms with E-state index in [0.717, 1.165) is 22.3 Å². The topological polar surface area (TPSA) is 49.9 Å². The van der Waals surface area contributed by atoms with Crippen LogP contribution in [0.3, 0.4) is 0 Å². The van der Waals surface area contributed by atoms with Crippen LogP contribution in [0.25, 0.3) is 55.3 Å². The largest absolute Gasteiger partial charge is 0.456 e. The van der Waals surface area contributed by atoms with E-state index in [1.807, 2.05) is 72.8 Å². The highest BCUT2D eigenvalue weighted by Crippen LogP contribution is 2.38. The van der Waals surface area contributed by atoms with E-state index < -0.39 is 72.6 Å². The molecular formula is C45H31N3O. The van der Waals surface area contributed by atoms with Crippen LogP contribution in [0, 0.1) is 0 Å². The third-order valence-corrected chi connectivity index (χ3v) is 8.37. The molecule has 1 aliphatic rings. The van der Waals surface area contributed by atoms with E-state index in [1.165, 1.54) is 0 Å². The Labute approximate surface area is 300 Å². The van der Waals surface area contributed by atoms with Gasteiger partial charge in [0.05, 0.1) is 15.1 Å². The van der Waals surface area contributed by atoms with E-state index in [9.17, 15) is 1.37 Å². The summed E-state index contributed by atoms with van der Waals surface area (Å²) in [6, 6.07) is 28.9. The molecule has 0 fully saturated rings. The molecule has 0 aliphatic carbocycles. The van der Waals surface area contributed by atoms with Crippen LogP contribution in [0.5, 0.6) is 0 Å². The minimum absolute atomic E-state index is 0.169. The molecule has 4 heteroatoms. The highest BCUT2D eigenvalue weighted by atomic mass is 16.3. The van der Waals surface area contributed by atoms with Crippen LogP contribution < -0.4 is 5.32 Å². The van der Waals surface area contributed by atoms with Crippen molar-refractivity contribution in [2.45, 2.75) is 6.17 Å². The Balaban J connectivity index is 1.21. The zero-order chi connectivity index (χ0) is 42.1. The Hall–Kier alpha value is -6.52. The third-order valence-electron chi connectivity index (χ3n) is 8.37. The highest BCUT2D eigenvalue weighted by molar-refractivity contribution is 6.16. The van der Waals surface area contributed by atoms with Gasteiger partial charge in [-0.25, -0.2) is 9.98 Å². The Bertz CT molecular complexity index is 3110. The molecule has 1 N–H and O–H groups in total. The molecule has 1 aliphatic heterocycles. The van der Waals surface area contributed by atoms with E-state index in [-0.39, 0.29) is 38.6 Å². The summed E-state index contributed by atoms with van der Waals surface area (Å²) in [7, 11) is 0. The van der Waals surface area contributed by atoms with Crippen molar-refractivity contribution >= 4 is 33.6 Å². The van der Waals surface area contributed by atoms with Gasteiger partial charge in [0.1, 0.15) is 22.8 Å². The minimum Gasteiger partial charge on any atom is -0.456 e. The zero-order valence-corrected chi connectivity index (χ0v) is 25.8. The molecule has 1 unspecified atom stereocenters. The minimum atomic E-state index is -1.31. The number of nitrogens with one attached hydrogen (secondary N) is 1. The predicted molar refractivity (Wildman–Crippen MR) is 202 cm³/mol. The molecule has 0 bridgehead atoms. The Morgan fingerprint density at radius 2 is 1.02 bits per heavy atom. The maximum absolute atomic E-state index is 9.61. The number of hydrogen-bond acceptors (Lipinski definition) is 4. The second-order valence-electron chi connectivity index (χ2n) is 11.4. The van der Waals surface area contributed by atoms with Gasteiger partial charge in [-0.3, -0.25) is 0 Å². The lowest BCUT2D eigenvalue weighted by Gasteiger charge is -2.23. The molecule has 8 aromatic rings. The molecule has 232 valence electrons. The summed E-state index contributed by atoms with van der Waals surface area (Å²) in [5.74, 6) is 0.717. The Morgan fingerprint density at radius 3 is 1.69 bits per heavy atom. The van der Waals surface area contributed by atoms with Crippen LogP contribution in [0.2, 0.25) is 0 Å². The maximum Gasteiger partial charge on any atom is 0.169 e. The van der Waals surface area contributed by atoms with Crippen molar-refractivity contribution in [2.24, 2.45) is 9.98 Å². The predicted octanol–water partition coefficient (Wildman–Crippen LogP) is 11.1. The van der Waals surface area contributed by atoms with Gasteiger partial charge in [-0.1, -0.05) is 158 Å². The smallest absolute Gasteiger partial charge is 0.169 e. The monoisotopic (exact) mass is 640 g/mol.